The first kappa shape index (κ1) is 12.8. The topological polar surface area (TPSA) is 17.1 Å². The van der Waals surface area contributed by atoms with E-state index in [-0.39, 0.29) is 6.42 Å². The van der Waals surface area contributed by atoms with E-state index in [2.05, 4.69) is 0 Å². The summed E-state index contributed by atoms with van der Waals surface area (Å²) in [6.45, 7) is 0. The van der Waals surface area contributed by atoms with Crippen LogP contribution >= 0.6 is 11.6 Å². The minimum atomic E-state index is -1.52. The van der Waals surface area contributed by atoms with Crippen molar-refractivity contribution in [2.45, 2.75) is 12.6 Å². The summed E-state index contributed by atoms with van der Waals surface area (Å²) in [5, 5.41) is 0.601. The van der Waals surface area contributed by atoms with Crippen molar-refractivity contribution in [3.05, 3.63) is 70.7 Å². The first-order chi connectivity index (χ1) is 8.66. The average molecular weight is 263 g/mol. The van der Waals surface area contributed by atoms with Crippen LogP contribution in [0, 0.1) is 0 Å². The molecule has 1 nitrogen and oxygen atoms in total. The minimum absolute atomic E-state index is 0.0743. The highest BCUT2D eigenvalue weighted by Crippen LogP contribution is 2.15. The molecule has 0 bridgehead atoms. The number of halogens is 2. The van der Waals surface area contributed by atoms with Gasteiger partial charge in [0, 0.05) is 17.0 Å². The maximum atomic E-state index is 13.9. The van der Waals surface area contributed by atoms with E-state index in [0.29, 0.717) is 10.6 Å². The molecule has 2 aromatic carbocycles. The molecule has 1 unspecified atom stereocenters. The first-order valence-electron chi connectivity index (χ1n) is 5.64. The first-order valence-corrected chi connectivity index (χ1v) is 6.02. The number of benzene rings is 2. The van der Waals surface area contributed by atoms with Crippen LogP contribution in [0.2, 0.25) is 5.02 Å². The van der Waals surface area contributed by atoms with E-state index in [4.69, 9.17) is 11.6 Å². The largest absolute Gasteiger partial charge is 0.291 e. The van der Waals surface area contributed by atoms with Crippen molar-refractivity contribution in [1.82, 2.24) is 0 Å². The second-order valence-corrected chi connectivity index (χ2v) is 4.46. The molecular weight excluding hydrogens is 251 g/mol. The van der Waals surface area contributed by atoms with E-state index in [1.54, 1.807) is 54.6 Å². The van der Waals surface area contributed by atoms with E-state index in [1.165, 1.54) is 0 Å². The number of carbonyl (C=O) groups is 1. The molecule has 0 N–H and O–H groups in total. The summed E-state index contributed by atoms with van der Waals surface area (Å²) in [4.78, 5) is 11.8. The molecule has 0 aliphatic heterocycles. The van der Waals surface area contributed by atoms with Crippen LogP contribution in [0.15, 0.2) is 54.6 Å². The van der Waals surface area contributed by atoms with Crippen molar-refractivity contribution in [1.29, 1.82) is 0 Å². The van der Waals surface area contributed by atoms with Gasteiger partial charge in [-0.2, -0.15) is 0 Å². The number of Topliss-reactive ketones (excluding diaryl/α,β-unsaturated/α-hetero) is 1. The molecule has 92 valence electrons. The Kier molecular flexibility index (Phi) is 4.11. The van der Waals surface area contributed by atoms with Crippen LogP contribution in [0.25, 0.3) is 0 Å². The van der Waals surface area contributed by atoms with Gasteiger partial charge in [-0.25, -0.2) is 4.39 Å². The lowest BCUT2D eigenvalue weighted by Crippen LogP contribution is -2.18. The normalized spacial score (nSPS) is 12.1. The average Bonchev–Trinajstić information content (AvgIpc) is 2.41. The molecule has 0 fully saturated rings. The van der Waals surface area contributed by atoms with Crippen molar-refractivity contribution in [3.63, 3.8) is 0 Å². The third kappa shape index (κ3) is 3.17. The molecule has 0 aliphatic rings. The van der Waals surface area contributed by atoms with E-state index in [9.17, 15) is 9.18 Å². The lowest BCUT2D eigenvalue weighted by atomic mass is 10.0. The smallest absolute Gasteiger partial charge is 0.197 e. The summed E-state index contributed by atoms with van der Waals surface area (Å²) in [6.07, 6.45) is -1.45. The van der Waals surface area contributed by atoms with Gasteiger partial charge in [0.05, 0.1) is 0 Å². The quantitative estimate of drug-likeness (QED) is 0.758. The van der Waals surface area contributed by atoms with Crippen molar-refractivity contribution >= 4 is 17.4 Å². The molecule has 3 heteroatoms. The molecule has 1 atom stereocenters. The van der Waals surface area contributed by atoms with Gasteiger partial charge >= 0.3 is 0 Å². The van der Waals surface area contributed by atoms with Gasteiger partial charge in [0.15, 0.2) is 12.0 Å². The number of alkyl halides is 1. The molecule has 2 rings (SSSR count). The van der Waals surface area contributed by atoms with Gasteiger partial charge in [0.1, 0.15) is 0 Å². The Bertz CT molecular complexity index is 522. The lowest BCUT2D eigenvalue weighted by Gasteiger charge is -2.07. The highest BCUT2D eigenvalue weighted by molar-refractivity contribution is 6.30. The van der Waals surface area contributed by atoms with Gasteiger partial charge in [-0.1, -0.05) is 54.1 Å². The van der Waals surface area contributed by atoms with Gasteiger partial charge in [-0.3, -0.25) is 4.79 Å². The molecule has 0 radical (unpaired) electrons. The summed E-state index contributed by atoms with van der Waals surface area (Å²) in [5.41, 5.74) is 1.16. The molecule has 0 saturated heterocycles. The number of rotatable bonds is 4. The van der Waals surface area contributed by atoms with Crippen molar-refractivity contribution in [2.24, 2.45) is 0 Å². The highest BCUT2D eigenvalue weighted by atomic mass is 35.5. The molecule has 0 aromatic heterocycles. The third-order valence-electron chi connectivity index (χ3n) is 2.67. The zero-order chi connectivity index (χ0) is 13.0. The molecule has 0 aliphatic carbocycles. The van der Waals surface area contributed by atoms with Crippen molar-refractivity contribution in [2.75, 3.05) is 0 Å². The number of hydrogen-bond donors (Lipinski definition) is 0. The predicted molar refractivity (Wildman–Crippen MR) is 70.8 cm³/mol. The monoisotopic (exact) mass is 262 g/mol. The van der Waals surface area contributed by atoms with E-state index in [1.807, 2.05) is 0 Å². The zero-order valence-corrected chi connectivity index (χ0v) is 10.4. The second kappa shape index (κ2) is 5.78. The minimum Gasteiger partial charge on any atom is -0.291 e. The predicted octanol–water partition coefficient (Wildman–Crippen LogP) is 4.10. The Morgan fingerprint density at radius 2 is 1.67 bits per heavy atom. The van der Waals surface area contributed by atoms with Gasteiger partial charge in [-0.05, 0) is 17.7 Å². The SMILES string of the molecule is O=C(c1ccccc1)C(F)Cc1ccc(Cl)cc1. The van der Waals surface area contributed by atoms with Crippen LogP contribution in [-0.2, 0) is 6.42 Å². The Labute approximate surface area is 110 Å². The summed E-state index contributed by atoms with van der Waals surface area (Å²) >= 11 is 5.75. The van der Waals surface area contributed by atoms with Crippen LogP contribution < -0.4 is 0 Å². The fraction of sp³-hybridized carbons (Fsp3) is 0.133. The van der Waals surface area contributed by atoms with Crippen molar-refractivity contribution < 1.29 is 9.18 Å². The molecule has 18 heavy (non-hydrogen) atoms. The second-order valence-electron chi connectivity index (χ2n) is 4.03. The molecule has 0 heterocycles. The van der Waals surface area contributed by atoms with Gasteiger partial charge in [0.25, 0.3) is 0 Å². The Hall–Kier alpha value is -1.67. The molecule has 0 saturated carbocycles. The highest BCUT2D eigenvalue weighted by Gasteiger charge is 2.19. The molecular formula is C15H12ClFO. The Morgan fingerprint density at radius 1 is 1.06 bits per heavy atom. The fourth-order valence-electron chi connectivity index (χ4n) is 1.70. The summed E-state index contributed by atoms with van der Waals surface area (Å²) < 4.78 is 13.9. The standard InChI is InChI=1S/C15H12ClFO/c16-13-8-6-11(7-9-13)10-14(17)15(18)12-4-2-1-3-5-12/h1-9,14H,10H2. The number of ketones is 1. The fourth-order valence-corrected chi connectivity index (χ4v) is 1.83. The molecule has 0 amide bonds. The van der Waals surface area contributed by atoms with E-state index >= 15 is 0 Å². The summed E-state index contributed by atoms with van der Waals surface area (Å²) in [5.74, 6) is -0.481. The number of carbonyl (C=O) groups excluding carboxylic acids is 1. The van der Waals surface area contributed by atoms with Crippen LogP contribution in [0.5, 0.6) is 0 Å². The van der Waals surface area contributed by atoms with Gasteiger partial charge in [0.2, 0.25) is 0 Å². The molecule has 2 aromatic rings. The maximum absolute atomic E-state index is 13.9. The third-order valence-corrected chi connectivity index (χ3v) is 2.92. The summed E-state index contributed by atoms with van der Waals surface area (Å²) in [7, 11) is 0. The van der Waals surface area contributed by atoms with Crippen LogP contribution in [0.3, 0.4) is 0 Å². The van der Waals surface area contributed by atoms with E-state index < -0.39 is 12.0 Å². The van der Waals surface area contributed by atoms with Crippen LogP contribution in [0.4, 0.5) is 4.39 Å². The maximum Gasteiger partial charge on any atom is 0.197 e. The molecule has 0 spiro atoms. The van der Waals surface area contributed by atoms with Gasteiger partial charge < -0.3 is 0 Å². The van der Waals surface area contributed by atoms with Crippen LogP contribution in [-0.4, -0.2) is 12.0 Å². The summed E-state index contributed by atoms with van der Waals surface area (Å²) in [6, 6.07) is 15.3. The zero-order valence-electron chi connectivity index (χ0n) is 9.64. The Balaban J connectivity index is 2.06. The van der Waals surface area contributed by atoms with Crippen LogP contribution in [0.1, 0.15) is 15.9 Å². The van der Waals surface area contributed by atoms with Gasteiger partial charge in [-0.15, -0.1) is 0 Å². The lowest BCUT2D eigenvalue weighted by molar-refractivity contribution is 0.0877. The van der Waals surface area contributed by atoms with Crippen molar-refractivity contribution in [3.8, 4) is 0 Å². The Morgan fingerprint density at radius 3 is 2.28 bits per heavy atom. The van der Waals surface area contributed by atoms with E-state index in [0.717, 1.165) is 5.56 Å². The number of hydrogen-bond acceptors (Lipinski definition) is 1.